The molecule has 0 aliphatic rings. The Hall–Kier alpha value is -2.04. The van der Waals surface area contributed by atoms with Gasteiger partial charge in [-0.25, -0.2) is 0 Å². The van der Waals surface area contributed by atoms with Gasteiger partial charge >= 0.3 is 5.97 Å². The zero-order valence-corrected chi connectivity index (χ0v) is 11.4. The summed E-state index contributed by atoms with van der Waals surface area (Å²) in [5, 5.41) is 18.0. The van der Waals surface area contributed by atoms with Crippen molar-refractivity contribution in [2.24, 2.45) is 5.41 Å². The van der Waals surface area contributed by atoms with E-state index in [-0.39, 0.29) is 24.5 Å². The molecule has 5 nitrogen and oxygen atoms in total. The smallest absolute Gasteiger partial charge is 0.303 e. The molecule has 0 saturated heterocycles. The monoisotopic (exact) mass is 265 g/mol. The normalized spacial score (nSPS) is 11.1. The SMILES string of the molecule is CN(C(=O)CC(C)(C)CC(=O)O)c1ccc(O)cc1. The second-order valence-corrected chi connectivity index (χ2v) is 5.38. The van der Waals surface area contributed by atoms with Crippen molar-refractivity contribution < 1.29 is 19.8 Å². The number of carbonyl (C=O) groups is 2. The van der Waals surface area contributed by atoms with E-state index in [9.17, 15) is 14.7 Å². The van der Waals surface area contributed by atoms with Crippen LogP contribution in [-0.4, -0.2) is 29.1 Å². The van der Waals surface area contributed by atoms with E-state index in [2.05, 4.69) is 0 Å². The summed E-state index contributed by atoms with van der Waals surface area (Å²) in [5.74, 6) is -0.933. The van der Waals surface area contributed by atoms with Crippen molar-refractivity contribution in [3.8, 4) is 5.75 Å². The van der Waals surface area contributed by atoms with Crippen LogP contribution in [-0.2, 0) is 9.59 Å². The molecule has 19 heavy (non-hydrogen) atoms. The first-order chi connectivity index (χ1) is 8.71. The number of phenolic OH excluding ortho intramolecular Hbond substituents is 1. The Morgan fingerprint density at radius 1 is 1.16 bits per heavy atom. The Morgan fingerprint density at radius 3 is 2.16 bits per heavy atom. The molecule has 1 aromatic carbocycles. The van der Waals surface area contributed by atoms with Gasteiger partial charge in [0.1, 0.15) is 5.75 Å². The number of amides is 1. The van der Waals surface area contributed by atoms with Gasteiger partial charge in [0.2, 0.25) is 5.91 Å². The van der Waals surface area contributed by atoms with E-state index in [0.717, 1.165) is 0 Å². The Labute approximate surface area is 112 Å². The standard InChI is InChI=1S/C14H19NO4/c1-14(2,9-13(18)19)8-12(17)15(3)10-4-6-11(16)7-5-10/h4-7,16H,8-9H2,1-3H3,(H,18,19). The molecule has 1 aromatic rings. The predicted molar refractivity (Wildman–Crippen MR) is 72.2 cm³/mol. The fourth-order valence-electron chi connectivity index (χ4n) is 1.82. The van der Waals surface area contributed by atoms with E-state index in [4.69, 9.17) is 5.11 Å². The minimum absolute atomic E-state index is 0.0534. The number of carboxylic acid groups (broad SMARTS) is 1. The predicted octanol–water partition coefficient (Wildman–Crippen LogP) is 2.25. The number of anilines is 1. The van der Waals surface area contributed by atoms with Gasteiger partial charge in [-0.1, -0.05) is 13.8 Å². The molecule has 1 rings (SSSR count). The molecule has 0 unspecified atom stereocenters. The molecule has 0 bridgehead atoms. The molecular formula is C14H19NO4. The maximum atomic E-state index is 12.1. The molecule has 0 radical (unpaired) electrons. The molecule has 0 aliphatic carbocycles. The summed E-state index contributed by atoms with van der Waals surface area (Å²) in [6.45, 7) is 3.51. The van der Waals surface area contributed by atoms with Crippen molar-refractivity contribution in [3.05, 3.63) is 24.3 Å². The minimum Gasteiger partial charge on any atom is -0.508 e. The van der Waals surface area contributed by atoms with Crippen LogP contribution in [0.3, 0.4) is 0 Å². The van der Waals surface area contributed by atoms with Crippen LogP contribution in [0.25, 0.3) is 0 Å². The lowest BCUT2D eigenvalue weighted by atomic mass is 9.85. The van der Waals surface area contributed by atoms with E-state index in [1.54, 1.807) is 33.0 Å². The second-order valence-electron chi connectivity index (χ2n) is 5.38. The maximum Gasteiger partial charge on any atom is 0.303 e. The molecule has 0 spiro atoms. The van der Waals surface area contributed by atoms with Crippen molar-refractivity contribution in [3.63, 3.8) is 0 Å². The Balaban J connectivity index is 2.72. The number of benzene rings is 1. The highest BCUT2D eigenvalue weighted by Gasteiger charge is 2.27. The third-order valence-electron chi connectivity index (χ3n) is 2.87. The van der Waals surface area contributed by atoms with Gasteiger partial charge in [0.15, 0.2) is 0 Å². The summed E-state index contributed by atoms with van der Waals surface area (Å²) in [5.41, 5.74) is 0.0719. The number of rotatable bonds is 5. The zero-order chi connectivity index (χ0) is 14.6. The van der Waals surface area contributed by atoms with Gasteiger partial charge in [-0.05, 0) is 29.7 Å². The molecule has 5 heteroatoms. The van der Waals surface area contributed by atoms with Gasteiger partial charge in [0.05, 0.1) is 6.42 Å². The molecular weight excluding hydrogens is 246 g/mol. The van der Waals surface area contributed by atoms with Crippen LogP contribution in [0.2, 0.25) is 0 Å². The van der Waals surface area contributed by atoms with Crippen molar-refractivity contribution in [2.75, 3.05) is 11.9 Å². The highest BCUT2D eigenvalue weighted by Crippen LogP contribution is 2.27. The molecule has 0 aliphatic heterocycles. The van der Waals surface area contributed by atoms with Gasteiger partial charge in [-0.3, -0.25) is 9.59 Å². The van der Waals surface area contributed by atoms with Crippen LogP contribution >= 0.6 is 0 Å². The average Bonchev–Trinajstić information content (AvgIpc) is 2.26. The first kappa shape index (κ1) is 15.0. The quantitative estimate of drug-likeness (QED) is 0.856. The molecule has 0 aromatic heterocycles. The van der Waals surface area contributed by atoms with Crippen LogP contribution in [0.4, 0.5) is 5.69 Å². The van der Waals surface area contributed by atoms with Crippen molar-refractivity contribution >= 4 is 17.6 Å². The summed E-state index contributed by atoms with van der Waals surface area (Å²) >= 11 is 0. The zero-order valence-electron chi connectivity index (χ0n) is 11.4. The van der Waals surface area contributed by atoms with Gasteiger partial charge in [-0.2, -0.15) is 0 Å². The summed E-state index contributed by atoms with van der Waals surface area (Å²) in [7, 11) is 1.63. The van der Waals surface area contributed by atoms with E-state index >= 15 is 0 Å². The van der Waals surface area contributed by atoms with Crippen LogP contribution in [0.15, 0.2) is 24.3 Å². The lowest BCUT2D eigenvalue weighted by Crippen LogP contribution is -2.31. The largest absolute Gasteiger partial charge is 0.508 e. The fraction of sp³-hybridized carbons (Fsp3) is 0.429. The number of nitrogens with zero attached hydrogens (tertiary/aromatic N) is 1. The third-order valence-corrected chi connectivity index (χ3v) is 2.87. The van der Waals surface area contributed by atoms with E-state index < -0.39 is 11.4 Å². The van der Waals surface area contributed by atoms with E-state index in [0.29, 0.717) is 5.69 Å². The molecule has 104 valence electrons. The topological polar surface area (TPSA) is 77.8 Å². The number of carbonyl (C=O) groups excluding carboxylic acids is 1. The molecule has 1 amide bonds. The van der Waals surface area contributed by atoms with Crippen molar-refractivity contribution in [1.29, 1.82) is 0 Å². The lowest BCUT2D eigenvalue weighted by molar-refractivity contribution is -0.139. The van der Waals surface area contributed by atoms with Crippen molar-refractivity contribution in [1.82, 2.24) is 0 Å². The molecule has 2 N–H and O–H groups in total. The van der Waals surface area contributed by atoms with Crippen LogP contribution in [0.1, 0.15) is 26.7 Å². The van der Waals surface area contributed by atoms with E-state index in [1.807, 2.05) is 0 Å². The van der Waals surface area contributed by atoms with E-state index in [1.165, 1.54) is 17.0 Å². The summed E-state index contributed by atoms with van der Waals surface area (Å²) in [6, 6.07) is 6.28. The van der Waals surface area contributed by atoms with Crippen LogP contribution < -0.4 is 4.90 Å². The first-order valence-corrected chi connectivity index (χ1v) is 5.99. The summed E-state index contributed by atoms with van der Waals surface area (Å²) < 4.78 is 0. The average molecular weight is 265 g/mol. The minimum atomic E-state index is -0.912. The Morgan fingerprint density at radius 2 is 1.68 bits per heavy atom. The fourth-order valence-corrected chi connectivity index (χ4v) is 1.82. The molecule has 0 heterocycles. The summed E-state index contributed by atoms with van der Waals surface area (Å²) in [4.78, 5) is 24.3. The number of hydrogen-bond donors (Lipinski definition) is 2. The highest BCUT2D eigenvalue weighted by atomic mass is 16.4. The first-order valence-electron chi connectivity index (χ1n) is 5.99. The second kappa shape index (κ2) is 5.73. The van der Waals surface area contributed by atoms with Crippen molar-refractivity contribution in [2.45, 2.75) is 26.7 Å². The number of aromatic hydroxyl groups is 1. The highest BCUT2D eigenvalue weighted by molar-refractivity contribution is 5.93. The van der Waals surface area contributed by atoms with Gasteiger partial charge in [0, 0.05) is 19.2 Å². The maximum absolute atomic E-state index is 12.1. The summed E-state index contributed by atoms with van der Waals surface area (Å²) in [6.07, 6.45) is 0.0961. The van der Waals surface area contributed by atoms with Gasteiger partial charge in [0.25, 0.3) is 0 Å². The Bertz CT molecular complexity index is 465. The molecule has 0 saturated carbocycles. The molecule has 0 atom stereocenters. The number of phenols is 1. The van der Waals surface area contributed by atoms with Crippen LogP contribution in [0, 0.1) is 5.41 Å². The number of hydrogen-bond acceptors (Lipinski definition) is 3. The lowest BCUT2D eigenvalue weighted by Gasteiger charge is -2.25. The van der Waals surface area contributed by atoms with Gasteiger partial charge < -0.3 is 15.1 Å². The number of carboxylic acids is 1. The number of aliphatic carboxylic acids is 1. The Kier molecular flexibility index (Phi) is 4.53. The molecule has 0 fully saturated rings. The van der Waals surface area contributed by atoms with Gasteiger partial charge in [-0.15, -0.1) is 0 Å². The van der Waals surface area contributed by atoms with Crippen LogP contribution in [0.5, 0.6) is 5.75 Å². The third kappa shape index (κ3) is 4.62.